The number of hydrogen-bond donors (Lipinski definition) is 0. The normalized spacial score (nSPS) is 13.6. The molecule has 1 unspecified atom stereocenters. The van der Waals surface area contributed by atoms with Gasteiger partial charge in [0.1, 0.15) is 0 Å². The lowest BCUT2D eigenvalue weighted by atomic mass is 10.1. The van der Waals surface area contributed by atoms with E-state index in [2.05, 4.69) is 66.4 Å². The van der Waals surface area contributed by atoms with E-state index in [1.165, 1.54) is 11.1 Å². The van der Waals surface area contributed by atoms with Crippen LogP contribution in [0.1, 0.15) is 12.0 Å². The fraction of sp³-hybridized carbons (Fsp3) is 0.385. The summed E-state index contributed by atoms with van der Waals surface area (Å²) in [5, 5.41) is 0. The maximum absolute atomic E-state index is 4.17. The van der Waals surface area contributed by atoms with Crippen LogP contribution in [0.15, 0.2) is 36.9 Å². The van der Waals surface area contributed by atoms with E-state index >= 15 is 0 Å². The van der Waals surface area contributed by atoms with Gasteiger partial charge in [0, 0.05) is 4.45 Å². The SMILES string of the molecule is C=C(CC(Br)[Si](C)(C)C)c1ccccc1. The van der Waals surface area contributed by atoms with Crippen molar-refractivity contribution in [2.45, 2.75) is 30.5 Å². The molecule has 82 valence electrons. The number of allylic oxidation sites excluding steroid dienone is 1. The molecule has 0 aliphatic rings. The molecule has 1 rings (SSSR count). The first kappa shape index (κ1) is 12.7. The molecule has 0 saturated carbocycles. The molecule has 1 aromatic carbocycles. The maximum Gasteiger partial charge on any atom is 0.0599 e. The Morgan fingerprint density at radius 2 is 1.80 bits per heavy atom. The number of hydrogen-bond acceptors (Lipinski definition) is 0. The first-order chi connectivity index (χ1) is 6.91. The van der Waals surface area contributed by atoms with Gasteiger partial charge < -0.3 is 0 Å². The monoisotopic (exact) mass is 282 g/mol. The van der Waals surface area contributed by atoms with Gasteiger partial charge in [0.05, 0.1) is 8.07 Å². The van der Waals surface area contributed by atoms with E-state index in [-0.39, 0.29) is 0 Å². The lowest BCUT2D eigenvalue weighted by Crippen LogP contribution is -2.33. The van der Waals surface area contributed by atoms with Crippen molar-refractivity contribution in [3.8, 4) is 0 Å². The van der Waals surface area contributed by atoms with Crippen LogP contribution in [0.4, 0.5) is 0 Å². The third kappa shape index (κ3) is 3.96. The highest BCUT2D eigenvalue weighted by molar-refractivity contribution is 9.10. The molecule has 0 N–H and O–H groups in total. The van der Waals surface area contributed by atoms with E-state index in [1.807, 2.05) is 6.07 Å². The highest BCUT2D eigenvalue weighted by Crippen LogP contribution is 2.27. The Bertz CT molecular complexity index is 324. The van der Waals surface area contributed by atoms with E-state index in [9.17, 15) is 0 Å². The molecule has 0 amide bonds. The van der Waals surface area contributed by atoms with Gasteiger partial charge in [-0.1, -0.05) is 72.5 Å². The Morgan fingerprint density at radius 3 is 2.27 bits per heavy atom. The molecule has 0 aliphatic heterocycles. The second-order valence-corrected chi connectivity index (χ2v) is 12.4. The summed E-state index contributed by atoms with van der Waals surface area (Å²) in [5.74, 6) is 0. The molecule has 0 bridgehead atoms. The average molecular weight is 283 g/mol. The second kappa shape index (κ2) is 5.13. The average Bonchev–Trinajstić information content (AvgIpc) is 2.17. The fourth-order valence-corrected chi connectivity index (χ4v) is 2.56. The van der Waals surface area contributed by atoms with Crippen LogP contribution in [-0.4, -0.2) is 12.5 Å². The zero-order chi connectivity index (χ0) is 11.5. The van der Waals surface area contributed by atoms with Crippen LogP contribution in [0, 0.1) is 0 Å². The predicted molar refractivity (Wildman–Crippen MR) is 76.2 cm³/mol. The molecule has 0 spiro atoms. The van der Waals surface area contributed by atoms with Gasteiger partial charge in [0.15, 0.2) is 0 Å². The lowest BCUT2D eigenvalue weighted by Gasteiger charge is -2.24. The third-order valence-electron chi connectivity index (χ3n) is 2.55. The molecule has 2 heteroatoms. The molecule has 0 saturated heterocycles. The first-order valence-electron chi connectivity index (χ1n) is 5.28. The summed E-state index contributed by atoms with van der Waals surface area (Å²) in [6, 6.07) is 10.4. The standard InChI is InChI=1S/C13H19BrSi/c1-11(10-13(14)15(2,3)4)12-8-6-5-7-9-12/h5-9,13H,1,10H2,2-4H3. The molecule has 0 heterocycles. The minimum Gasteiger partial charge on any atom is -0.0952 e. The van der Waals surface area contributed by atoms with Crippen LogP contribution < -0.4 is 0 Å². The number of halogens is 1. The molecular formula is C13H19BrSi. The number of benzene rings is 1. The van der Waals surface area contributed by atoms with E-state index in [0.29, 0.717) is 4.45 Å². The van der Waals surface area contributed by atoms with Gasteiger partial charge in [-0.3, -0.25) is 0 Å². The van der Waals surface area contributed by atoms with Crippen LogP contribution in [-0.2, 0) is 0 Å². The molecule has 1 aromatic rings. The number of alkyl halides is 1. The van der Waals surface area contributed by atoms with Crippen molar-refractivity contribution in [3.63, 3.8) is 0 Å². The molecule has 1 atom stereocenters. The fourth-order valence-electron chi connectivity index (χ4n) is 1.31. The smallest absolute Gasteiger partial charge is 0.0599 e. The Hall–Kier alpha value is -0.343. The zero-order valence-corrected chi connectivity index (χ0v) is 12.3. The zero-order valence-electron chi connectivity index (χ0n) is 9.76. The molecule has 0 fully saturated rings. The number of rotatable bonds is 4. The van der Waals surface area contributed by atoms with E-state index in [0.717, 1.165) is 6.42 Å². The summed E-state index contributed by atoms with van der Waals surface area (Å²) in [6.45, 7) is 11.3. The van der Waals surface area contributed by atoms with Crippen LogP contribution in [0.3, 0.4) is 0 Å². The van der Waals surface area contributed by atoms with Gasteiger partial charge in [-0.25, -0.2) is 0 Å². The highest BCUT2D eigenvalue weighted by Gasteiger charge is 2.24. The topological polar surface area (TPSA) is 0 Å². The Kier molecular flexibility index (Phi) is 4.35. The summed E-state index contributed by atoms with van der Waals surface area (Å²) in [5.41, 5.74) is 2.50. The molecule has 0 radical (unpaired) electrons. The quantitative estimate of drug-likeness (QED) is 0.553. The minimum absolute atomic E-state index is 0.609. The van der Waals surface area contributed by atoms with Gasteiger partial charge in [-0.2, -0.15) is 0 Å². The molecule has 15 heavy (non-hydrogen) atoms. The molecular weight excluding hydrogens is 264 g/mol. The molecule has 0 aromatic heterocycles. The maximum atomic E-state index is 4.17. The predicted octanol–water partition coefficient (Wildman–Crippen LogP) is 4.73. The van der Waals surface area contributed by atoms with Crippen LogP contribution in [0.2, 0.25) is 19.6 Å². The van der Waals surface area contributed by atoms with Crippen LogP contribution in [0.25, 0.3) is 5.57 Å². The van der Waals surface area contributed by atoms with Gasteiger partial charge in [0.25, 0.3) is 0 Å². The largest absolute Gasteiger partial charge is 0.0952 e. The highest BCUT2D eigenvalue weighted by atomic mass is 79.9. The van der Waals surface area contributed by atoms with Gasteiger partial charge in [0.2, 0.25) is 0 Å². The van der Waals surface area contributed by atoms with Crippen molar-refractivity contribution >= 4 is 29.6 Å². The van der Waals surface area contributed by atoms with Crippen molar-refractivity contribution in [2.24, 2.45) is 0 Å². The first-order valence-corrected chi connectivity index (χ1v) is 9.78. The Morgan fingerprint density at radius 1 is 1.27 bits per heavy atom. The summed E-state index contributed by atoms with van der Waals surface area (Å²) in [6.07, 6.45) is 1.06. The Labute approximate surface area is 103 Å². The van der Waals surface area contributed by atoms with Gasteiger partial charge >= 0.3 is 0 Å². The van der Waals surface area contributed by atoms with Crippen molar-refractivity contribution in [2.75, 3.05) is 0 Å². The van der Waals surface area contributed by atoms with Crippen LogP contribution in [0.5, 0.6) is 0 Å². The van der Waals surface area contributed by atoms with Gasteiger partial charge in [-0.15, -0.1) is 0 Å². The minimum atomic E-state index is -1.10. The van der Waals surface area contributed by atoms with Crippen LogP contribution >= 0.6 is 15.9 Å². The third-order valence-corrected chi connectivity index (χ3v) is 9.08. The van der Waals surface area contributed by atoms with Gasteiger partial charge in [-0.05, 0) is 17.6 Å². The van der Waals surface area contributed by atoms with E-state index in [1.54, 1.807) is 0 Å². The second-order valence-electron chi connectivity index (χ2n) is 5.01. The Balaban J connectivity index is 2.65. The van der Waals surface area contributed by atoms with E-state index < -0.39 is 8.07 Å². The van der Waals surface area contributed by atoms with Crippen molar-refractivity contribution in [1.82, 2.24) is 0 Å². The van der Waals surface area contributed by atoms with Crippen molar-refractivity contribution < 1.29 is 0 Å². The summed E-state index contributed by atoms with van der Waals surface area (Å²) in [7, 11) is -1.10. The summed E-state index contributed by atoms with van der Waals surface area (Å²) >= 11 is 3.80. The molecule has 0 aliphatic carbocycles. The van der Waals surface area contributed by atoms with E-state index in [4.69, 9.17) is 0 Å². The van der Waals surface area contributed by atoms with Crippen molar-refractivity contribution in [3.05, 3.63) is 42.5 Å². The lowest BCUT2D eigenvalue weighted by molar-refractivity contribution is 1.15. The summed E-state index contributed by atoms with van der Waals surface area (Å²) < 4.78 is 0.609. The molecule has 0 nitrogen and oxygen atoms in total. The van der Waals surface area contributed by atoms with Crippen molar-refractivity contribution in [1.29, 1.82) is 0 Å². The summed E-state index contributed by atoms with van der Waals surface area (Å²) in [4.78, 5) is 0.